The van der Waals surface area contributed by atoms with Crippen molar-refractivity contribution in [3.8, 4) is 6.07 Å². The summed E-state index contributed by atoms with van der Waals surface area (Å²) in [5.74, 6) is -0.215. The maximum Gasteiger partial charge on any atom is 0.335 e. The number of benzene rings is 1. The van der Waals surface area contributed by atoms with Gasteiger partial charge in [0, 0.05) is 47.9 Å². The zero-order valence-electron chi connectivity index (χ0n) is 12.9. The number of aromatic nitrogens is 2. The molecule has 0 fully saturated rings. The highest BCUT2D eigenvalue weighted by Crippen LogP contribution is 2.38. The van der Waals surface area contributed by atoms with Crippen LogP contribution in [0, 0.1) is 11.3 Å². The van der Waals surface area contributed by atoms with E-state index < -0.39 is 5.97 Å². The summed E-state index contributed by atoms with van der Waals surface area (Å²) in [6.07, 6.45) is 4.28. The molecule has 0 saturated carbocycles. The van der Waals surface area contributed by atoms with Crippen LogP contribution in [0.5, 0.6) is 0 Å². The quantitative estimate of drug-likeness (QED) is 0.758. The molecule has 1 aromatic carbocycles. The second-order valence-electron chi connectivity index (χ2n) is 5.93. The Balaban J connectivity index is 1.82. The van der Waals surface area contributed by atoms with Gasteiger partial charge in [0.25, 0.3) is 0 Å². The molecular weight excluding hydrogens is 304 g/mol. The zero-order valence-corrected chi connectivity index (χ0v) is 12.9. The standard InChI is InChI=1S/C18H14N4O2/c1-22-9-14(13-6-10(18(23)24)2-3-16(13)22)15-7-12-11(8-19)4-5-20-17(12)21-15/h2-6,9,15H,7H2,1H3,(H,20,21)(H,23,24). The van der Waals surface area contributed by atoms with Gasteiger partial charge in [-0.1, -0.05) is 0 Å². The predicted octanol–water partition coefficient (Wildman–Crippen LogP) is 2.85. The Morgan fingerprint density at radius 2 is 2.29 bits per heavy atom. The van der Waals surface area contributed by atoms with Crippen LogP contribution in [0.2, 0.25) is 0 Å². The van der Waals surface area contributed by atoms with Gasteiger partial charge < -0.3 is 15.0 Å². The molecule has 0 spiro atoms. The number of anilines is 1. The van der Waals surface area contributed by atoms with Crippen LogP contribution in [0.3, 0.4) is 0 Å². The van der Waals surface area contributed by atoms with Crippen molar-refractivity contribution in [1.82, 2.24) is 9.55 Å². The molecule has 2 aromatic heterocycles. The first-order valence-electron chi connectivity index (χ1n) is 7.55. The van der Waals surface area contributed by atoms with Gasteiger partial charge >= 0.3 is 5.97 Å². The number of nitrogens with one attached hydrogen (secondary N) is 1. The summed E-state index contributed by atoms with van der Waals surface area (Å²) in [7, 11) is 1.94. The fourth-order valence-electron chi connectivity index (χ4n) is 3.37. The third kappa shape index (κ3) is 2.02. The van der Waals surface area contributed by atoms with Crippen molar-refractivity contribution in [1.29, 1.82) is 5.26 Å². The minimum Gasteiger partial charge on any atom is -0.478 e. The van der Waals surface area contributed by atoms with E-state index in [4.69, 9.17) is 0 Å². The summed E-state index contributed by atoms with van der Waals surface area (Å²) in [6, 6.07) is 9.03. The molecule has 1 unspecified atom stereocenters. The normalized spacial score (nSPS) is 15.8. The lowest BCUT2D eigenvalue weighted by molar-refractivity contribution is 0.0697. The Morgan fingerprint density at radius 1 is 1.46 bits per heavy atom. The number of hydrogen-bond donors (Lipinski definition) is 2. The minimum atomic E-state index is -0.942. The number of carboxylic acids is 1. The van der Waals surface area contributed by atoms with Crippen LogP contribution in [0.25, 0.3) is 10.9 Å². The molecular formula is C18H14N4O2. The van der Waals surface area contributed by atoms with E-state index in [0.717, 1.165) is 27.8 Å². The van der Waals surface area contributed by atoms with Crippen molar-refractivity contribution < 1.29 is 9.90 Å². The summed E-state index contributed by atoms with van der Waals surface area (Å²) >= 11 is 0. The average molecular weight is 318 g/mol. The monoisotopic (exact) mass is 318 g/mol. The molecule has 6 heteroatoms. The molecule has 3 heterocycles. The van der Waals surface area contributed by atoms with E-state index in [9.17, 15) is 15.2 Å². The van der Waals surface area contributed by atoms with Gasteiger partial charge in [-0.3, -0.25) is 0 Å². The van der Waals surface area contributed by atoms with Crippen molar-refractivity contribution >= 4 is 22.7 Å². The summed E-state index contributed by atoms with van der Waals surface area (Å²) in [6.45, 7) is 0. The van der Waals surface area contributed by atoms with E-state index in [2.05, 4.69) is 16.4 Å². The van der Waals surface area contributed by atoms with Crippen LogP contribution in [-0.2, 0) is 13.5 Å². The molecule has 1 atom stereocenters. The van der Waals surface area contributed by atoms with E-state index in [1.807, 2.05) is 23.9 Å². The molecule has 1 aliphatic rings. The van der Waals surface area contributed by atoms with Crippen LogP contribution in [0.1, 0.15) is 33.1 Å². The molecule has 6 nitrogen and oxygen atoms in total. The van der Waals surface area contributed by atoms with Gasteiger partial charge in [0.05, 0.1) is 23.2 Å². The van der Waals surface area contributed by atoms with Crippen LogP contribution in [-0.4, -0.2) is 20.6 Å². The highest BCUT2D eigenvalue weighted by molar-refractivity contribution is 5.95. The van der Waals surface area contributed by atoms with Crippen LogP contribution < -0.4 is 5.32 Å². The van der Waals surface area contributed by atoms with Gasteiger partial charge in [0.15, 0.2) is 0 Å². The molecule has 4 rings (SSSR count). The summed E-state index contributed by atoms with van der Waals surface area (Å²) < 4.78 is 1.99. The first kappa shape index (κ1) is 14.3. The lowest BCUT2D eigenvalue weighted by Crippen LogP contribution is -2.05. The number of nitrogens with zero attached hydrogens (tertiary/aromatic N) is 3. The number of carbonyl (C=O) groups is 1. The van der Waals surface area contributed by atoms with Gasteiger partial charge in [-0.25, -0.2) is 9.78 Å². The van der Waals surface area contributed by atoms with E-state index in [1.54, 1.807) is 24.4 Å². The smallest absolute Gasteiger partial charge is 0.335 e. The van der Waals surface area contributed by atoms with Crippen LogP contribution in [0.4, 0.5) is 5.82 Å². The van der Waals surface area contributed by atoms with Gasteiger partial charge in [0.2, 0.25) is 0 Å². The number of rotatable bonds is 2. The van der Waals surface area contributed by atoms with E-state index >= 15 is 0 Å². The maximum atomic E-state index is 11.3. The van der Waals surface area contributed by atoms with Crippen molar-refractivity contribution in [2.75, 3.05) is 5.32 Å². The first-order chi connectivity index (χ1) is 11.6. The topological polar surface area (TPSA) is 90.9 Å². The maximum absolute atomic E-state index is 11.3. The van der Waals surface area contributed by atoms with Gasteiger partial charge in [-0.2, -0.15) is 5.26 Å². The number of aromatic carboxylic acids is 1. The Morgan fingerprint density at radius 3 is 3.04 bits per heavy atom. The van der Waals surface area contributed by atoms with Crippen molar-refractivity contribution in [3.63, 3.8) is 0 Å². The zero-order chi connectivity index (χ0) is 16.8. The van der Waals surface area contributed by atoms with Crippen LogP contribution >= 0.6 is 0 Å². The largest absolute Gasteiger partial charge is 0.478 e. The predicted molar refractivity (Wildman–Crippen MR) is 88.9 cm³/mol. The molecule has 0 radical (unpaired) electrons. The van der Waals surface area contributed by atoms with Crippen LogP contribution in [0.15, 0.2) is 36.7 Å². The molecule has 118 valence electrons. The minimum absolute atomic E-state index is 0.0326. The summed E-state index contributed by atoms with van der Waals surface area (Å²) in [5, 5.41) is 22.8. The third-order valence-corrected chi connectivity index (χ3v) is 4.54. The summed E-state index contributed by atoms with van der Waals surface area (Å²) in [5.41, 5.74) is 3.79. The number of hydrogen-bond acceptors (Lipinski definition) is 4. The molecule has 0 bridgehead atoms. The number of aryl methyl sites for hydroxylation is 1. The Labute approximate surface area is 138 Å². The Kier molecular flexibility index (Phi) is 3.03. The SMILES string of the molecule is Cn1cc(C2Cc3c(C#N)ccnc3N2)c2cc(C(=O)O)ccc21. The molecule has 0 saturated heterocycles. The summed E-state index contributed by atoms with van der Waals surface area (Å²) in [4.78, 5) is 15.6. The molecule has 0 aliphatic carbocycles. The molecule has 1 aliphatic heterocycles. The van der Waals surface area contributed by atoms with E-state index in [1.165, 1.54) is 0 Å². The van der Waals surface area contributed by atoms with Crippen molar-refractivity contribution in [3.05, 3.63) is 58.9 Å². The van der Waals surface area contributed by atoms with Gasteiger partial charge in [-0.05, 0) is 24.3 Å². The van der Waals surface area contributed by atoms with Gasteiger partial charge in [-0.15, -0.1) is 0 Å². The lowest BCUT2D eigenvalue weighted by Gasteiger charge is -2.10. The average Bonchev–Trinajstić information content (AvgIpc) is 3.15. The fourth-order valence-corrected chi connectivity index (χ4v) is 3.37. The highest BCUT2D eigenvalue weighted by atomic mass is 16.4. The van der Waals surface area contributed by atoms with E-state index in [-0.39, 0.29) is 11.6 Å². The Bertz CT molecular complexity index is 1030. The number of pyridine rings is 1. The number of carboxylic acid groups (broad SMARTS) is 1. The number of fused-ring (bicyclic) bond motifs is 2. The van der Waals surface area contributed by atoms with Gasteiger partial charge in [0.1, 0.15) is 5.82 Å². The second-order valence-corrected chi connectivity index (χ2v) is 5.93. The molecule has 3 aromatic rings. The second kappa shape index (κ2) is 5.10. The number of nitriles is 1. The fraction of sp³-hybridized carbons (Fsp3) is 0.167. The first-order valence-corrected chi connectivity index (χ1v) is 7.55. The van der Waals surface area contributed by atoms with Crippen molar-refractivity contribution in [2.24, 2.45) is 7.05 Å². The highest BCUT2D eigenvalue weighted by Gasteiger charge is 2.28. The molecule has 24 heavy (non-hydrogen) atoms. The molecule has 2 N–H and O–H groups in total. The molecule has 0 amide bonds. The third-order valence-electron chi connectivity index (χ3n) is 4.54. The van der Waals surface area contributed by atoms with Crippen molar-refractivity contribution in [2.45, 2.75) is 12.5 Å². The van der Waals surface area contributed by atoms with E-state index in [0.29, 0.717) is 12.0 Å². The lowest BCUT2D eigenvalue weighted by atomic mass is 9.99. The Hall–Kier alpha value is -3.33.